The van der Waals surface area contributed by atoms with Gasteiger partial charge in [0.15, 0.2) is 5.75 Å². The Bertz CT molecular complexity index is 706. The maximum atomic E-state index is 11.2. The van der Waals surface area contributed by atoms with Gasteiger partial charge < -0.3 is 4.74 Å². The number of hydrogen-bond acceptors (Lipinski definition) is 7. The van der Waals surface area contributed by atoms with Crippen LogP contribution in [-0.2, 0) is 4.79 Å². The molecule has 3 aromatic heterocycles. The van der Waals surface area contributed by atoms with Crippen molar-refractivity contribution in [2.75, 3.05) is 0 Å². The zero-order valence-electron chi connectivity index (χ0n) is 9.25. The molecule has 0 radical (unpaired) electrons. The number of fused-ring (bicyclic) bond motifs is 1. The second-order valence-corrected chi connectivity index (χ2v) is 4.44. The molecule has 8 heteroatoms. The van der Waals surface area contributed by atoms with Gasteiger partial charge in [0.05, 0.1) is 5.39 Å². The molecule has 90 valence electrons. The quantitative estimate of drug-likeness (QED) is 0.701. The van der Waals surface area contributed by atoms with Crippen LogP contribution in [0.15, 0.2) is 18.3 Å². The molecular formula is C10H7N5O2S. The minimum absolute atomic E-state index is 0.384. The topological polar surface area (TPSA) is 93.7 Å². The van der Waals surface area contributed by atoms with Gasteiger partial charge in [0, 0.05) is 13.1 Å². The Balaban J connectivity index is 2.26. The molecule has 0 saturated carbocycles. The second kappa shape index (κ2) is 4.15. The molecule has 0 amide bonds. The SMILES string of the molecule is CC(=O)Oc1c(-c2nn[nH]n2)sc2ncccc12. The highest BCUT2D eigenvalue weighted by atomic mass is 32.1. The first-order valence-electron chi connectivity index (χ1n) is 5.05. The summed E-state index contributed by atoms with van der Waals surface area (Å²) >= 11 is 1.35. The molecule has 0 atom stereocenters. The van der Waals surface area contributed by atoms with E-state index in [9.17, 15) is 4.79 Å². The van der Waals surface area contributed by atoms with E-state index in [4.69, 9.17) is 4.74 Å². The van der Waals surface area contributed by atoms with Crippen LogP contribution in [0.5, 0.6) is 5.75 Å². The molecule has 0 aliphatic heterocycles. The lowest BCUT2D eigenvalue weighted by molar-refractivity contribution is -0.131. The highest BCUT2D eigenvalue weighted by Crippen LogP contribution is 2.41. The summed E-state index contributed by atoms with van der Waals surface area (Å²) in [5.41, 5.74) is 0. The summed E-state index contributed by atoms with van der Waals surface area (Å²) < 4.78 is 5.23. The molecule has 0 saturated heterocycles. The molecular weight excluding hydrogens is 254 g/mol. The third kappa shape index (κ3) is 1.72. The van der Waals surface area contributed by atoms with Crippen molar-refractivity contribution in [1.29, 1.82) is 0 Å². The summed E-state index contributed by atoms with van der Waals surface area (Å²) in [6.07, 6.45) is 1.68. The number of pyridine rings is 1. The average molecular weight is 261 g/mol. The fourth-order valence-electron chi connectivity index (χ4n) is 1.56. The Morgan fingerprint density at radius 2 is 2.39 bits per heavy atom. The minimum Gasteiger partial charge on any atom is -0.424 e. The lowest BCUT2D eigenvalue weighted by atomic mass is 10.3. The number of nitrogens with one attached hydrogen (secondary N) is 1. The van der Waals surface area contributed by atoms with Gasteiger partial charge in [-0.2, -0.15) is 5.21 Å². The Morgan fingerprint density at radius 3 is 3.11 bits per heavy atom. The number of nitrogens with zero attached hydrogens (tertiary/aromatic N) is 4. The normalized spacial score (nSPS) is 10.7. The van der Waals surface area contributed by atoms with E-state index >= 15 is 0 Å². The molecule has 0 unspecified atom stereocenters. The second-order valence-electron chi connectivity index (χ2n) is 3.45. The fourth-order valence-corrected chi connectivity index (χ4v) is 2.56. The van der Waals surface area contributed by atoms with Crippen LogP contribution in [0.4, 0.5) is 0 Å². The maximum absolute atomic E-state index is 11.2. The molecule has 0 aromatic carbocycles. The van der Waals surface area contributed by atoms with Gasteiger partial charge in [-0.05, 0) is 17.3 Å². The van der Waals surface area contributed by atoms with Crippen molar-refractivity contribution in [3.8, 4) is 16.5 Å². The van der Waals surface area contributed by atoms with Crippen LogP contribution in [0.2, 0.25) is 0 Å². The summed E-state index contributed by atoms with van der Waals surface area (Å²) in [7, 11) is 0. The standard InChI is InChI=1S/C10H7N5O2S/c1-5(16)17-7-6-3-2-4-11-10(6)18-8(7)9-12-14-15-13-9/h2-4H,1H3,(H,12,13,14,15). The number of carbonyl (C=O) groups excluding carboxylic acids is 1. The number of rotatable bonds is 2. The van der Waals surface area contributed by atoms with Crippen molar-refractivity contribution < 1.29 is 9.53 Å². The molecule has 3 heterocycles. The van der Waals surface area contributed by atoms with E-state index in [-0.39, 0.29) is 0 Å². The maximum Gasteiger partial charge on any atom is 0.308 e. The first-order valence-corrected chi connectivity index (χ1v) is 5.87. The molecule has 18 heavy (non-hydrogen) atoms. The number of carbonyl (C=O) groups is 1. The van der Waals surface area contributed by atoms with Gasteiger partial charge in [0.25, 0.3) is 0 Å². The summed E-state index contributed by atoms with van der Waals surface area (Å²) in [6.45, 7) is 1.35. The molecule has 7 nitrogen and oxygen atoms in total. The van der Waals surface area contributed by atoms with Gasteiger partial charge in [-0.3, -0.25) is 4.79 Å². The third-order valence-corrected chi connectivity index (χ3v) is 3.31. The van der Waals surface area contributed by atoms with E-state index < -0.39 is 5.97 Å². The predicted octanol–water partition coefficient (Wildman–Crippen LogP) is 1.40. The lowest BCUT2D eigenvalue weighted by Crippen LogP contribution is -2.01. The molecule has 3 aromatic rings. The van der Waals surface area contributed by atoms with E-state index in [0.29, 0.717) is 16.5 Å². The first-order chi connectivity index (χ1) is 8.75. The van der Waals surface area contributed by atoms with E-state index in [2.05, 4.69) is 25.6 Å². The summed E-state index contributed by atoms with van der Waals surface area (Å²) in [4.78, 5) is 16.8. The monoisotopic (exact) mass is 261 g/mol. The summed E-state index contributed by atoms with van der Waals surface area (Å²) in [5.74, 6) is 0.412. The summed E-state index contributed by atoms with van der Waals surface area (Å²) in [5, 5.41) is 14.4. The molecule has 3 rings (SSSR count). The number of hydrogen-bond donors (Lipinski definition) is 1. The van der Waals surface area contributed by atoms with Crippen LogP contribution >= 0.6 is 11.3 Å². The number of thiophene rings is 1. The van der Waals surface area contributed by atoms with E-state index in [1.807, 2.05) is 6.07 Å². The largest absolute Gasteiger partial charge is 0.424 e. The van der Waals surface area contributed by atoms with Crippen LogP contribution in [-0.4, -0.2) is 31.6 Å². The van der Waals surface area contributed by atoms with Crippen molar-refractivity contribution in [2.24, 2.45) is 0 Å². The zero-order valence-corrected chi connectivity index (χ0v) is 10.1. The van der Waals surface area contributed by atoms with Crippen LogP contribution in [0.1, 0.15) is 6.92 Å². The van der Waals surface area contributed by atoms with Gasteiger partial charge in [0.1, 0.15) is 9.71 Å². The molecule has 0 aliphatic carbocycles. The summed E-state index contributed by atoms with van der Waals surface area (Å²) in [6, 6.07) is 3.61. The van der Waals surface area contributed by atoms with Gasteiger partial charge in [-0.15, -0.1) is 21.5 Å². The van der Waals surface area contributed by atoms with Crippen molar-refractivity contribution >= 4 is 27.5 Å². The van der Waals surface area contributed by atoms with Crippen molar-refractivity contribution in [2.45, 2.75) is 6.92 Å². The van der Waals surface area contributed by atoms with E-state index in [1.54, 1.807) is 12.3 Å². The van der Waals surface area contributed by atoms with Gasteiger partial charge in [-0.1, -0.05) is 0 Å². The van der Waals surface area contributed by atoms with E-state index in [0.717, 1.165) is 10.2 Å². The third-order valence-electron chi connectivity index (χ3n) is 2.21. The zero-order chi connectivity index (χ0) is 12.5. The van der Waals surface area contributed by atoms with Crippen molar-refractivity contribution in [3.05, 3.63) is 18.3 Å². The number of esters is 1. The number of tetrazole rings is 1. The lowest BCUT2D eigenvalue weighted by Gasteiger charge is -2.00. The Hall–Kier alpha value is -2.35. The predicted molar refractivity (Wildman–Crippen MR) is 64.1 cm³/mol. The van der Waals surface area contributed by atoms with Crippen LogP contribution in [0.3, 0.4) is 0 Å². The Labute approximate surface area is 105 Å². The van der Waals surface area contributed by atoms with Crippen molar-refractivity contribution in [3.63, 3.8) is 0 Å². The molecule has 1 N–H and O–H groups in total. The highest BCUT2D eigenvalue weighted by Gasteiger charge is 2.20. The highest BCUT2D eigenvalue weighted by molar-refractivity contribution is 7.22. The van der Waals surface area contributed by atoms with Crippen molar-refractivity contribution in [1.82, 2.24) is 25.6 Å². The van der Waals surface area contributed by atoms with Crippen LogP contribution in [0.25, 0.3) is 20.9 Å². The number of ether oxygens (including phenoxy) is 1. The number of aromatic nitrogens is 5. The Morgan fingerprint density at radius 1 is 1.50 bits per heavy atom. The molecule has 0 fully saturated rings. The number of H-pyrrole nitrogens is 1. The van der Waals surface area contributed by atoms with Gasteiger partial charge in [0.2, 0.25) is 5.82 Å². The van der Waals surface area contributed by atoms with E-state index in [1.165, 1.54) is 18.3 Å². The van der Waals surface area contributed by atoms with Crippen LogP contribution < -0.4 is 4.74 Å². The Kier molecular flexibility index (Phi) is 2.49. The molecule has 0 aliphatic rings. The van der Waals surface area contributed by atoms with Gasteiger partial charge >= 0.3 is 5.97 Å². The number of aromatic amines is 1. The first kappa shape index (κ1) is 10.8. The average Bonchev–Trinajstić information content (AvgIpc) is 2.96. The van der Waals surface area contributed by atoms with Crippen LogP contribution in [0, 0.1) is 0 Å². The fraction of sp³-hybridized carbons (Fsp3) is 0.100. The minimum atomic E-state index is -0.400. The molecule has 0 spiro atoms. The smallest absolute Gasteiger partial charge is 0.308 e. The molecule has 0 bridgehead atoms. The van der Waals surface area contributed by atoms with Gasteiger partial charge in [-0.25, -0.2) is 4.98 Å².